The molecule has 0 aromatic heterocycles. The standard InChI is InChI=1S/C31H57N7O5/c1-3-4-30(40)38-11-7-23(8-12-38)36-29-13-27(34-19-35-29)31(41)33-14-24(39)17-37-10-9-26-21(2)28(6-5-22(26)16-37)42-18-25-15-32-20-43-25/h21-29,32,34-36,39H,3-20H2,1-2H3,(H,33,41)/t21?,22?,24-,25?,26?,27?,28?,29?/m0/s1. The number of likely N-dealkylation sites (tertiary alicyclic amines) is 2. The number of β-amino-alcohol motifs (C(OH)–C–C–N with tert-alkyl or cyclic N) is 1. The highest BCUT2D eigenvalue weighted by molar-refractivity contribution is 5.81. The van der Waals surface area contributed by atoms with Crippen molar-refractivity contribution in [2.45, 2.75) is 102 Å². The predicted octanol–water partition coefficient (Wildman–Crippen LogP) is -0.222. The molecule has 4 saturated heterocycles. The van der Waals surface area contributed by atoms with Crippen molar-refractivity contribution < 1.29 is 24.2 Å². The van der Waals surface area contributed by atoms with E-state index in [0.717, 1.165) is 64.8 Å². The van der Waals surface area contributed by atoms with Crippen LogP contribution in [0.4, 0.5) is 0 Å². The summed E-state index contributed by atoms with van der Waals surface area (Å²) in [5.41, 5.74) is 0. The van der Waals surface area contributed by atoms with Crippen molar-refractivity contribution in [1.82, 2.24) is 36.4 Å². The van der Waals surface area contributed by atoms with Crippen LogP contribution >= 0.6 is 0 Å². The van der Waals surface area contributed by atoms with Crippen molar-refractivity contribution in [1.29, 1.82) is 0 Å². The molecule has 6 N–H and O–H groups in total. The highest BCUT2D eigenvalue weighted by atomic mass is 16.5. The maximum atomic E-state index is 13.0. The predicted molar refractivity (Wildman–Crippen MR) is 164 cm³/mol. The van der Waals surface area contributed by atoms with Crippen molar-refractivity contribution in [3.63, 3.8) is 0 Å². The first-order chi connectivity index (χ1) is 20.9. The summed E-state index contributed by atoms with van der Waals surface area (Å²) < 4.78 is 11.9. The number of aliphatic hydroxyl groups is 1. The fourth-order valence-electron chi connectivity index (χ4n) is 7.93. The molecule has 4 heterocycles. The van der Waals surface area contributed by atoms with Gasteiger partial charge < -0.3 is 29.7 Å². The summed E-state index contributed by atoms with van der Waals surface area (Å²) in [6.45, 7) is 11.6. The van der Waals surface area contributed by atoms with E-state index < -0.39 is 6.10 Å². The van der Waals surface area contributed by atoms with Crippen LogP contribution in [0, 0.1) is 17.8 Å². The van der Waals surface area contributed by atoms with Gasteiger partial charge >= 0.3 is 0 Å². The molecule has 0 spiro atoms. The van der Waals surface area contributed by atoms with E-state index >= 15 is 0 Å². The second-order valence-corrected chi connectivity index (χ2v) is 13.6. The number of hydrogen-bond acceptors (Lipinski definition) is 10. The van der Waals surface area contributed by atoms with E-state index in [1.807, 2.05) is 11.8 Å². The van der Waals surface area contributed by atoms with E-state index in [-0.39, 0.29) is 36.7 Å². The van der Waals surface area contributed by atoms with E-state index in [1.54, 1.807) is 0 Å². The number of nitrogens with one attached hydrogen (secondary N) is 5. The van der Waals surface area contributed by atoms with Crippen molar-refractivity contribution in [3.05, 3.63) is 0 Å². The maximum Gasteiger partial charge on any atom is 0.237 e. The second kappa shape index (κ2) is 16.3. The Balaban J connectivity index is 0.968. The number of aliphatic hydroxyl groups excluding tert-OH is 1. The van der Waals surface area contributed by atoms with Gasteiger partial charge in [0.2, 0.25) is 11.8 Å². The number of carbonyl (C=O) groups excluding carboxylic acids is 2. The molecule has 246 valence electrons. The molecule has 8 atom stereocenters. The van der Waals surface area contributed by atoms with Crippen LogP contribution in [-0.4, -0.2) is 129 Å². The molecule has 7 unspecified atom stereocenters. The first-order valence-corrected chi connectivity index (χ1v) is 17.0. The number of hydrogen-bond donors (Lipinski definition) is 6. The van der Waals surface area contributed by atoms with Crippen molar-refractivity contribution in [2.75, 3.05) is 65.8 Å². The Morgan fingerprint density at radius 3 is 2.72 bits per heavy atom. The Morgan fingerprint density at radius 2 is 1.95 bits per heavy atom. The topological polar surface area (TPSA) is 139 Å². The third-order valence-corrected chi connectivity index (χ3v) is 10.5. The molecule has 1 saturated carbocycles. The van der Waals surface area contributed by atoms with Crippen LogP contribution in [0.2, 0.25) is 0 Å². The SMILES string of the molecule is CCCC(=O)N1CCC(NC2CC(C(=O)NC[C@H](O)CN3CCC4C(CCC(OCC5CNCO5)C4C)C3)NCN2)CC1. The van der Waals surface area contributed by atoms with Crippen LogP contribution < -0.4 is 26.6 Å². The summed E-state index contributed by atoms with van der Waals surface area (Å²) in [4.78, 5) is 29.5. The number of rotatable bonds is 12. The summed E-state index contributed by atoms with van der Waals surface area (Å²) in [5.74, 6) is 2.05. The highest BCUT2D eigenvalue weighted by Crippen LogP contribution is 2.41. The monoisotopic (exact) mass is 607 g/mol. The fraction of sp³-hybridized carbons (Fsp3) is 0.935. The molecule has 0 bridgehead atoms. The van der Waals surface area contributed by atoms with Gasteiger partial charge in [0.05, 0.1) is 43.9 Å². The lowest BCUT2D eigenvalue weighted by Gasteiger charge is -2.47. The van der Waals surface area contributed by atoms with Gasteiger partial charge in [-0.2, -0.15) is 0 Å². The Labute approximate surface area is 257 Å². The molecule has 12 heteroatoms. The molecule has 2 amide bonds. The molecular weight excluding hydrogens is 550 g/mol. The number of carbonyl (C=O) groups is 2. The quantitative estimate of drug-likeness (QED) is 0.177. The molecule has 5 rings (SSSR count). The van der Waals surface area contributed by atoms with Crippen LogP contribution in [0.15, 0.2) is 0 Å². The Bertz CT molecular complexity index is 885. The lowest BCUT2D eigenvalue weighted by atomic mass is 9.68. The molecule has 4 aliphatic heterocycles. The van der Waals surface area contributed by atoms with E-state index in [0.29, 0.717) is 69.3 Å². The van der Waals surface area contributed by atoms with Crippen LogP contribution in [0.3, 0.4) is 0 Å². The first kappa shape index (κ1) is 33.0. The summed E-state index contributed by atoms with van der Waals surface area (Å²) in [6.07, 6.45) is 7.35. The van der Waals surface area contributed by atoms with Gasteiger partial charge in [0.15, 0.2) is 0 Å². The van der Waals surface area contributed by atoms with Crippen molar-refractivity contribution in [3.8, 4) is 0 Å². The molecule has 5 aliphatic rings. The lowest BCUT2D eigenvalue weighted by molar-refractivity contribution is -0.132. The Kier molecular flexibility index (Phi) is 12.5. The summed E-state index contributed by atoms with van der Waals surface area (Å²) in [5, 5.41) is 27.4. The van der Waals surface area contributed by atoms with Gasteiger partial charge in [0, 0.05) is 64.8 Å². The minimum absolute atomic E-state index is 0.0436. The minimum atomic E-state index is -0.589. The third-order valence-electron chi connectivity index (χ3n) is 10.5. The van der Waals surface area contributed by atoms with Gasteiger partial charge in [0.25, 0.3) is 0 Å². The van der Waals surface area contributed by atoms with Crippen LogP contribution in [0.5, 0.6) is 0 Å². The molecule has 0 radical (unpaired) electrons. The number of ether oxygens (including phenoxy) is 2. The lowest BCUT2D eigenvalue weighted by Crippen LogP contribution is -2.62. The number of nitrogens with zero attached hydrogens (tertiary/aromatic N) is 2. The van der Waals surface area contributed by atoms with E-state index in [4.69, 9.17) is 9.47 Å². The van der Waals surface area contributed by atoms with Crippen molar-refractivity contribution in [2.24, 2.45) is 17.8 Å². The van der Waals surface area contributed by atoms with Gasteiger partial charge in [-0.3, -0.25) is 30.9 Å². The number of amides is 2. The number of piperidine rings is 2. The molecule has 0 aromatic rings. The van der Waals surface area contributed by atoms with Crippen LogP contribution in [0.25, 0.3) is 0 Å². The average Bonchev–Trinajstić information content (AvgIpc) is 3.54. The molecule has 43 heavy (non-hydrogen) atoms. The summed E-state index contributed by atoms with van der Waals surface area (Å²) in [7, 11) is 0. The fourth-order valence-corrected chi connectivity index (χ4v) is 7.93. The van der Waals surface area contributed by atoms with Crippen molar-refractivity contribution >= 4 is 11.8 Å². The summed E-state index contributed by atoms with van der Waals surface area (Å²) >= 11 is 0. The molecule has 5 fully saturated rings. The third kappa shape index (κ3) is 9.32. The second-order valence-electron chi connectivity index (χ2n) is 13.6. The zero-order chi connectivity index (χ0) is 30.2. The minimum Gasteiger partial charge on any atom is -0.390 e. The normalized spacial score (nSPS) is 35.0. The molecular formula is C31H57N7O5. The zero-order valence-corrected chi connectivity index (χ0v) is 26.4. The Morgan fingerprint density at radius 1 is 1.12 bits per heavy atom. The zero-order valence-electron chi connectivity index (χ0n) is 26.4. The van der Waals surface area contributed by atoms with Gasteiger partial charge in [-0.05, 0) is 62.8 Å². The van der Waals surface area contributed by atoms with E-state index in [2.05, 4.69) is 38.4 Å². The van der Waals surface area contributed by atoms with Gasteiger partial charge in [0.1, 0.15) is 0 Å². The maximum absolute atomic E-state index is 13.0. The van der Waals surface area contributed by atoms with Gasteiger partial charge in [-0.15, -0.1) is 0 Å². The largest absolute Gasteiger partial charge is 0.390 e. The first-order valence-electron chi connectivity index (χ1n) is 17.0. The van der Waals surface area contributed by atoms with Crippen LogP contribution in [0.1, 0.15) is 65.2 Å². The van der Waals surface area contributed by atoms with Gasteiger partial charge in [-0.1, -0.05) is 13.8 Å². The van der Waals surface area contributed by atoms with E-state index in [1.165, 1.54) is 6.42 Å². The smallest absolute Gasteiger partial charge is 0.237 e. The van der Waals surface area contributed by atoms with Gasteiger partial charge in [-0.25, -0.2) is 0 Å². The molecule has 0 aromatic carbocycles. The summed E-state index contributed by atoms with van der Waals surface area (Å²) in [6, 6.07) is 0.0360. The van der Waals surface area contributed by atoms with Crippen LogP contribution in [-0.2, 0) is 19.1 Å². The Hall–Kier alpha value is -1.38. The number of fused-ring (bicyclic) bond motifs is 1. The molecule has 1 aliphatic carbocycles. The highest BCUT2D eigenvalue weighted by Gasteiger charge is 2.41. The molecule has 12 nitrogen and oxygen atoms in total. The average molecular weight is 608 g/mol. The van der Waals surface area contributed by atoms with E-state index in [9.17, 15) is 14.7 Å².